The van der Waals surface area contributed by atoms with Crippen LogP contribution in [0.3, 0.4) is 0 Å². The lowest BCUT2D eigenvalue weighted by atomic mass is 10.0. The Morgan fingerprint density at radius 2 is 1.17 bits per heavy atom. The number of carboxylic acid groups (broad SMARTS) is 1. The molecule has 0 aliphatic heterocycles. The average molecular weight is 495 g/mol. The quantitative estimate of drug-likeness (QED) is 0.0738. The summed E-state index contributed by atoms with van der Waals surface area (Å²) in [6.07, 6.45) is 28.9. The highest BCUT2D eigenvalue weighted by atomic mass is 16.5. The summed E-state index contributed by atoms with van der Waals surface area (Å²) in [5, 5.41) is 9.52. The molecule has 4 nitrogen and oxygen atoms in total. The smallest absolute Gasteiger partial charge is 0.307 e. The van der Waals surface area contributed by atoms with Gasteiger partial charge in [0.2, 0.25) is 0 Å². The van der Waals surface area contributed by atoms with E-state index in [1.54, 1.807) is 0 Å². The van der Waals surface area contributed by atoms with Crippen LogP contribution in [-0.4, -0.2) is 23.1 Å². The van der Waals surface area contributed by atoms with E-state index in [0.29, 0.717) is 6.42 Å². The van der Waals surface area contributed by atoms with Crippen molar-refractivity contribution in [2.75, 3.05) is 0 Å². The highest BCUT2D eigenvalue weighted by Gasteiger charge is 2.23. The lowest BCUT2D eigenvalue weighted by molar-refractivity contribution is -0.155. The van der Waals surface area contributed by atoms with Crippen molar-refractivity contribution in [3.05, 3.63) is 12.2 Å². The summed E-state index contributed by atoms with van der Waals surface area (Å²) in [7, 11) is 0. The Kier molecular flexibility index (Phi) is 24.8. The van der Waals surface area contributed by atoms with Gasteiger partial charge in [-0.1, -0.05) is 129 Å². The fraction of sp³-hybridized carbons (Fsp3) is 0.871. The summed E-state index contributed by atoms with van der Waals surface area (Å²) in [6, 6.07) is 0. The van der Waals surface area contributed by atoms with Crippen molar-refractivity contribution in [3.8, 4) is 0 Å². The topological polar surface area (TPSA) is 63.6 Å². The molecule has 1 N–H and O–H groups in total. The van der Waals surface area contributed by atoms with Crippen molar-refractivity contribution in [1.82, 2.24) is 0 Å². The SMILES string of the molecule is CCCCCCCCCCCCCCC/C=C/CC(CC(=O)OC(CCC)CCCCC)C(=O)O. The Balaban J connectivity index is 3.88. The first kappa shape index (κ1) is 33.7. The predicted molar refractivity (Wildman–Crippen MR) is 149 cm³/mol. The Bertz CT molecular complexity index is 514. The van der Waals surface area contributed by atoms with Crippen LogP contribution in [0.5, 0.6) is 0 Å². The summed E-state index contributed by atoms with van der Waals surface area (Å²) in [5.41, 5.74) is 0. The molecule has 0 aromatic carbocycles. The van der Waals surface area contributed by atoms with E-state index in [2.05, 4.69) is 26.8 Å². The zero-order valence-corrected chi connectivity index (χ0v) is 23.5. The minimum atomic E-state index is -0.911. The molecule has 0 spiro atoms. The van der Waals surface area contributed by atoms with Gasteiger partial charge in [-0.3, -0.25) is 9.59 Å². The van der Waals surface area contributed by atoms with Crippen LogP contribution in [0.4, 0.5) is 0 Å². The standard InChI is InChI=1S/C31H58O4/c1-4-7-9-10-11-12-13-14-15-16-17-18-19-20-21-23-25-28(31(33)34)27-30(32)35-29(24-6-3)26-22-8-5-2/h21,23,28-29H,4-20,22,24-27H2,1-3H3,(H,33,34)/b23-21+. The maximum Gasteiger partial charge on any atom is 0.307 e. The van der Waals surface area contributed by atoms with Gasteiger partial charge in [0.15, 0.2) is 0 Å². The molecular weight excluding hydrogens is 436 g/mol. The molecule has 0 aliphatic rings. The first-order chi connectivity index (χ1) is 17.0. The molecule has 0 amide bonds. The van der Waals surface area contributed by atoms with E-state index in [9.17, 15) is 14.7 Å². The van der Waals surface area contributed by atoms with Crippen molar-refractivity contribution in [1.29, 1.82) is 0 Å². The van der Waals surface area contributed by atoms with E-state index >= 15 is 0 Å². The fourth-order valence-corrected chi connectivity index (χ4v) is 4.57. The average Bonchev–Trinajstić information content (AvgIpc) is 2.83. The molecule has 0 heterocycles. The van der Waals surface area contributed by atoms with Gasteiger partial charge in [0.25, 0.3) is 0 Å². The van der Waals surface area contributed by atoms with Crippen LogP contribution < -0.4 is 0 Å². The Morgan fingerprint density at radius 3 is 1.69 bits per heavy atom. The number of rotatable bonds is 26. The Morgan fingerprint density at radius 1 is 0.657 bits per heavy atom. The lowest BCUT2D eigenvalue weighted by Gasteiger charge is -2.18. The van der Waals surface area contributed by atoms with E-state index in [1.807, 2.05) is 6.08 Å². The third-order valence-corrected chi connectivity index (χ3v) is 6.86. The molecule has 0 saturated carbocycles. The summed E-state index contributed by atoms with van der Waals surface area (Å²) in [4.78, 5) is 23.9. The molecule has 2 atom stereocenters. The number of hydrogen-bond acceptors (Lipinski definition) is 3. The molecule has 35 heavy (non-hydrogen) atoms. The number of carboxylic acids is 1. The minimum Gasteiger partial charge on any atom is -0.481 e. The number of unbranched alkanes of at least 4 members (excludes halogenated alkanes) is 15. The second kappa shape index (κ2) is 25.8. The molecule has 4 heteroatoms. The van der Waals surface area contributed by atoms with Gasteiger partial charge in [-0.15, -0.1) is 0 Å². The van der Waals surface area contributed by atoms with Gasteiger partial charge in [-0.05, 0) is 38.5 Å². The lowest BCUT2D eigenvalue weighted by Crippen LogP contribution is -2.23. The number of carbonyl (C=O) groups is 2. The van der Waals surface area contributed by atoms with Gasteiger partial charge in [-0.2, -0.15) is 0 Å². The second-order valence-corrected chi connectivity index (χ2v) is 10.4. The highest BCUT2D eigenvalue weighted by Crippen LogP contribution is 2.17. The van der Waals surface area contributed by atoms with Crippen LogP contribution in [0.25, 0.3) is 0 Å². The zero-order chi connectivity index (χ0) is 26.0. The number of hydrogen-bond donors (Lipinski definition) is 1. The van der Waals surface area contributed by atoms with Gasteiger partial charge >= 0.3 is 11.9 Å². The normalized spacial score (nSPS) is 13.2. The molecule has 0 fully saturated rings. The van der Waals surface area contributed by atoms with Crippen LogP contribution in [0.2, 0.25) is 0 Å². The number of allylic oxidation sites excluding steroid dienone is 2. The maximum atomic E-state index is 12.3. The minimum absolute atomic E-state index is 0.0353. The molecule has 0 aromatic rings. The maximum absolute atomic E-state index is 12.3. The molecule has 206 valence electrons. The van der Waals surface area contributed by atoms with Crippen LogP contribution in [0, 0.1) is 5.92 Å². The third-order valence-electron chi connectivity index (χ3n) is 6.86. The zero-order valence-electron chi connectivity index (χ0n) is 23.5. The molecule has 0 rings (SSSR count). The van der Waals surface area contributed by atoms with Crippen LogP contribution in [0.15, 0.2) is 12.2 Å². The van der Waals surface area contributed by atoms with Gasteiger partial charge in [0, 0.05) is 0 Å². The summed E-state index contributed by atoms with van der Waals surface area (Å²) >= 11 is 0. The number of aliphatic carboxylic acids is 1. The van der Waals surface area contributed by atoms with Crippen molar-refractivity contribution < 1.29 is 19.4 Å². The third kappa shape index (κ3) is 22.9. The van der Waals surface area contributed by atoms with Crippen molar-refractivity contribution in [2.24, 2.45) is 5.92 Å². The van der Waals surface area contributed by atoms with E-state index in [0.717, 1.165) is 51.4 Å². The van der Waals surface area contributed by atoms with Gasteiger partial charge in [0.1, 0.15) is 6.10 Å². The summed E-state index contributed by atoms with van der Waals surface area (Å²) in [5.74, 6) is -1.97. The highest BCUT2D eigenvalue weighted by molar-refractivity contribution is 5.79. The van der Waals surface area contributed by atoms with Gasteiger partial charge in [-0.25, -0.2) is 0 Å². The number of ether oxygens (including phenoxy) is 1. The second-order valence-electron chi connectivity index (χ2n) is 10.4. The van der Waals surface area contributed by atoms with Crippen LogP contribution in [0.1, 0.15) is 162 Å². The molecule has 0 bridgehead atoms. The van der Waals surface area contributed by atoms with Crippen LogP contribution >= 0.6 is 0 Å². The van der Waals surface area contributed by atoms with Crippen molar-refractivity contribution >= 4 is 11.9 Å². The van der Waals surface area contributed by atoms with E-state index in [1.165, 1.54) is 77.0 Å². The monoisotopic (exact) mass is 494 g/mol. The largest absolute Gasteiger partial charge is 0.481 e. The van der Waals surface area contributed by atoms with E-state index in [-0.39, 0.29) is 18.5 Å². The first-order valence-corrected chi connectivity index (χ1v) is 15.1. The molecule has 0 saturated heterocycles. The van der Waals surface area contributed by atoms with Crippen LogP contribution in [-0.2, 0) is 14.3 Å². The van der Waals surface area contributed by atoms with Gasteiger partial charge in [0.05, 0.1) is 12.3 Å². The molecule has 0 aliphatic carbocycles. The molecule has 0 radical (unpaired) electrons. The van der Waals surface area contributed by atoms with E-state index in [4.69, 9.17) is 4.74 Å². The summed E-state index contributed by atoms with van der Waals surface area (Å²) in [6.45, 7) is 6.51. The molecule has 0 aromatic heterocycles. The predicted octanol–water partition coefficient (Wildman–Crippen LogP) is 9.80. The molecule has 2 unspecified atom stereocenters. The number of esters is 1. The Hall–Kier alpha value is -1.32. The molecular formula is C31H58O4. The fourth-order valence-electron chi connectivity index (χ4n) is 4.57. The van der Waals surface area contributed by atoms with Gasteiger partial charge < -0.3 is 9.84 Å². The first-order valence-electron chi connectivity index (χ1n) is 15.1. The van der Waals surface area contributed by atoms with E-state index < -0.39 is 11.9 Å². The summed E-state index contributed by atoms with van der Waals surface area (Å²) < 4.78 is 5.62. The number of carbonyl (C=O) groups excluding carboxylic acids is 1. The van der Waals surface area contributed by atoms with Crippen molar-refractivity contribution in [2.45, 2.75) is 168 Å². The Labute approximate surface area is 217 Å². The van der Waals surface area contributed by atoms with Crippen molar-refractivity contribution in [3.63, 3.8) is 0 Å².